The zero-order chi connectivity index (χ0) is 9.14. The smallest absolute Gasteiger partial charge is 0.166 e. The van der Waals surface area contributed by atoms with Gasteiger partial charge in [-0.3, -0.25) is 0 Å². The second-order valence-corrected chi connectivity index (χ2v) is 2.21. The lowest BCUT2D eigenvalue weighted by Gasteiger charge is -2.01. The number of aliphatic hydroxyl groups is 1. The molecule has 1 rings (SSSR count). The van der Waals surface area contributed by atoms with Crippen LogP contribution < -0.4 is 0 Å². The second kappa shape index (κ2) is 3.28. The van der Waals surface area contributed by atoms with E-state index in [1.165, 1.54) is 6.07 Å². The number of aliphatic hydroxyl groups excluding tert-OH is 1. The molecular formula is C8H5F2NO. The maximum Gasteiger partial charge on any atom is 0.166 e. The van der Waals surface area contributed by atoms with Gasteiger partial charge in [0.2, 0.25) is 0 Å². The molecule has 62 valence electrons. The SMILES string of the molecule is N#CC(O)c1ccc(F)c(F)c1. The first-order valence-electron chi connectivity index (χ1n) is 3.18. The highest BCUT2D eigenvalue weighted by atomic mass is 19.2. The van der Waals surface area contributed by atoms with Crippen LogP contribution in [0.3, 0.4) is 0 Å². The predicted octanol–water partition coefficient (Wildman–Crippen LogP) is 1.52. The van der Waals surface area contributed by atoms with E-state index in [2.05, 4.69) is 0 Å². The van der Waals surface area contributed by atoms with Gasteiger partial charge in [0, 0.05) is 0 Å². The van der Waals surface area contributed by atoms with Crippen LogP contribution in [0.25, 0.3) is 0 Å². The molecule has 0 heterocycles. The maximum atomic E-state index is 12.5. The van der Waals surface area contributed by atoms with Crippen LogP contribution in [-0.2, 0) is 0 Å². The minimum Gasteiger partial charge on any atom is -0.374 e. The van der Waals surface area contributed by atoms with Crippen molar-refractivity contribution in [2.24, 2.45) is 0 Å². The van der Waals surface area contributed by atoms with Gasteiger partial charge >= 0.3 is 0 Å². The van der Waals surface area contributed by atoms with E-state index in [0.717, 1.165) is 18.2 Å². The van der Waals surface area contributed by atoms with Crippen LogP contribution in [-0.4, -0.2) is 5.11 Å². The topological polar surface area (TPSA) is 44.0 Å². The molecule has 0 saturated carbocycles. The molecule has 2 nitrogen and oxygen atoms in total. The van der Waals surface area contributed by atoms with Gasteiger partial charge in [0.05, 0.1) is 6.07 Å². The van der Waals surface area contributed by atoms with Crippen LogP contribution in [0.5, 0.6) is 0 Å². The quantitative estimate of drug-likeness (QED) is 0.647. The highest BCUT2D eigenvalue weighted by Gasteiger charge is 2.08. The zero-order valence-corrected chi connectivity index (χ0v) is 5.96. The molecule has 1 aromatic carbocycles. The Morgan fingerprint density at radius 2 is 2.00 bits per heavy atom. The lowest BCUT2D eigenvalue weighted by Crippen LogP contribution is -1.95. The fourth-order valence-electron chi connectivity index (χ4n) is 0.757. The number of nitrogens with zero attached hydrogens (tertiary/aromatic N) is 1. The number of benzene rings is 1. The highest BCUT2D eigenvalue weighted by Crippen LogP contribution is 2.14. The van der Waals surface area contributed by atoms with E-state index in [9.17, 15) is 8.78 Å². The van der Waals surface area contributed by atoms with Crippen molar-refractivity contribution in [2.75, 3.05) is 0 Å². The molecule has 0 spiro atoms. The van der Waals surface area contributed by atoms with Crippen LogP contribution in [0, 0.1) is 23.0 Å². The third-order valence-corrected chi connectivity index (χ3v) is 1.38. The van der Waals surface area contributed by atoms with E-state index < -0.39 is 17.7 Å². The lowest BCUT2D eigenvalue weighted by atomic mass is 10.1. The minimum absolute atomic E-state index is 0.0522. The van der Waals surface area contributed by atoms with Crippen molar-refractivity contribution in [2.45, 2.75) is 6.10 Å². The third kappa shape index (κ3) is 1.57. The second-order valence-electron chi connectivity index (χ2n) is 2.21. The summed E-state index contributed by atoms with van der Waals surface area (Å²) in [5.41, 5.74) is 0.0522. The molecule has 0 fully saturated rings. The van der Waals surface area contributed by atoms with Gasteiger partial charge in [0.1, 0.15) is 0 Å². The van der Waals surface area contributed by atoms with Gasteiger partial charge < -0.3 is 5.11 Å². The summed E-state index contributed by atoms with van der Waals surface area (Å²) in [6, 6.07) is 4.31. The third-order valence-electron chi connectivity index (χ3n) is 1.38. The van der Waals surface area contributed by atoms with Crippen LogP contribution in [0.4, 0.5) is 8.78 Å². The number of nitriles is 1. The first kappa shape index (κ1) is 8.62. The largest absolute Gasteiger partial charge is 0.374 e. The van der Waals surface area contributed by atoms with Crippen molar-refractivity contribution < 1.29 is 13.9 Å². The standard InChI is InChI=1S/C8H5F2NO/c9-6-2-1-5(3-7(6)10)8(12)4-11/h1-3,8,12H. The number of hydrogen-bond donors (Lipinski definition) is 1. The van der Waals surface area contributed by atoms with Crippen molar-refractivity contribution in [3.05, 3.63) is 35.4 Å². The van der Waals surface area contributed by atoms with Gasteiger partial charge in [-0.1, -0.05) is 6.07 Å². The van der Waals surface area contributed by atoms with Gasteiger partial charge in [0.25, 0.3) is 0 Å². The van der Waals surface area contributed by atoms with Crippen molar-refractivity contribution in [3.63, 3.8) is 0 Å². The summed E-state index contributed by atoms with van der Waals surface area (Å²) in [4.78, 5) is 0. The van der Waals surface area contributed by atoms with E-state index in [-0.39, 0.29) is 5.56 Å². The van der Waals surface area contributed by atoms with Gasteiger partial charge in [-0.15, -0.1) is 0 Å². The summed E-state index contributed by atoms with van der Waals surface area (Å²) in [6.45, 7) is 0. The zero-order valence-electron chi connectivity index (χ0n) is 5.96. The summed E-state index contributed by atoms with van der Waals surface area (Å²) in [5.74, 6) is -2.06. The Morgan fingerprint density at radius 3 is 2.50 bits per heavy atom. The molecule has 0 radical (unpaired) electrons. The summed E-state index contributed by atoms with van der Waals surface area (Å²) < 4.78 is 24.8. The first-order valence-corrected chi connectivity index (χ1v) is 3.18. The monoisotopic (exact) mass is 169 g/mol. The fourth-order valence-corrected chi connectivity index (χ4v) is 0.757. The molecule has 1 unspecified atom stereocenters. The average molecular weight is 169 g/mol. The van der Waals surface area contributed by atoms with Gasteiger partial charge in [-0.05, 0) is 17.7 Å². The minimum atomic E-state index is -1.40. The van der Waals surface area contributed by atoms with E-state index in [0.29, 0.717) is 0 Å². The van der Waals surface area contributed by atoms with Crippen molar-refractivity contribution >= 4 is 0 Å². The molecule has 0 amide bonds. The van der Waals surface area contributed by atoms with E-state index in [1.54, 1.807) is 0 Å². The van der Waals surface area contributed by atoms with Crippen LogP contribution in [0.15, 0.2) is 18.2 Å². The van der Waals surface area contributed by atoms with Crippen LogP contribution >= 0.6 is 0 Å². The Kier molecular flexibility index (Phi) is 2.36. The van der Waals surface area contributed by atoms with Crippen LogP contribution in [0.1, 0.15) is 11.7 Å². The molecule has 0 saturated heterocycles. The van der Waals surface area contributed by atoms with Crippen LogP contribution in [0.2, 0.25) is 0 Å². The molecule has 0 bridgehead atoms. The molecule has 0 aromatic heterocycles. The molecule has 4 heteroatoms. The lowest BCUT2D eigenvalue weighted by molar-refractivity contribution is 0.235. The van der Waals surface area contributed by atoms with Crippen molar-refractivity contribution in [1.82, 2.24) is 0 Å². The molecule has 1 N–H and O–H groups in total. The van der Waals surface area contributed by atoms with Gasteiger partial charge in [-0.25, -0.2) is 8.78 Å². The molecule has 12 heavy (non-hydrogen) atoms. The van der Waals surface area contributed by atoms with Crippen molar-refractivity contribution in [1.29, 1.82) is 5.26 Å². The number of rotatable bonds is 1. The fraction of sp³-hybridized carbons (Fsp3) is 0.125. The summed E-state index contributed by atoms with van der Waals surface area (Å²) in [5, 5.41) is 17.1. The highest BCUT2D eigenvalue weighted by molar-refractivity contribution is 5.23. The maximum absolute atomic E-state index is 12.5. The Hall–Kier alpha value is -1.47. The molecular weight excluding hydrogens is 164 g/mol. The Morgan fingerprint density at radius 1 is 1.33 bits per heavy atom. The molecule has 0 aliphatic carbocycles. The summed E-state index contributed by atoms with van der Waals surface area (Å²) in [7, 11) is 0. The Bertz CT molecular complexity index is 332. The molecule has 1 aromatic rings. The van der Waals surface area contributed by atoms with E-state index in [1.807, 2.05) is 0 Å². The Labute approximate surface area is 67.7 Å². The average Bonchev–Trinajstić information content (AvgIpc) is 2.08. The molecule has 0 aliphatic heterocycles. The molecule has 1 atom stereocenters. The number of hydrogen-bond acceptors (Lipinski definition) is 2. The van der Waals surface area contributed by atoms with Crippen molar-refractivity contribution in [3.8, 4) is 6.07 Å². The van der Waals surface area contributed by atoms with E-state index >= 15 is 0 Å². The number of halogens is 2. The Balaban J connectivity index is 3.06. The summed E-state index contributed by atoms with van der Waals surface area (Å²) in [6.07, 6.45) is -1.40. The normalized spacial score (nSPS) is 12.2. The first-order chi connectivity index (χ1) is 5.65. The predicted molar refractivity (Wildman–Crippen MR) is 36.9 cm³/mol. The summed E-state index contributed by atoms with van der Waals surface area (Å²) >= 11 is 0. The van der Waals surface area contributed by atoms with E-state index in [4.69, 9.17) is 10.4 Å². The van der Waals surface area contributed by atoms with Gasteiger partial charge in [0.15, 0.2) is 17.7 Å². The molecule has 0 aliphatic rings. The van der Waals surface area contributed by atoms with Gasteiger partial charge in [-0.2, -0.15) is 5.26 Å².